The van der Waals surface area contributed by atoms with Crippen LogP contribution in [0.25, 0.3) is 6.08 Å². The highest BCUT2D eigenvalue weighted by Crippen LogP contribution is 2.40. The average Bonchev–Trinajstić information content (AvgIpc) is 3.22. The van der Waals surface area contributed by atoms with Crippen LogP contribution in [0.5, 0.6) is 11.5 Å². The quantitative estimate of drug-likeness (QED) is 0.818. The van der Waals surface area contributed by atoms with E-state index in [9.17, 15) is 9.90 Å². The Hall–Kier alpha value is -2.57. The summed E-state index contributed by atoms with van der Waals surface area (Å²) in [4.78, 5) is 16.4. The number of furan rings is 1. The Balaban J connectivity index is 1.67. The van der Waals surface area contributed by atoms with E-state index in [1.165, 1.54) is 4.90 Å². The van der Waals surface area contributed by atoms with E-state index in [0.29, 0.717) is 34.7 Å². The lowest BCUT2D eigenvalue weighted by molar-refractivity contribution is -0.918. The van der Waals surface area contributed by atoms with Crippen LogP contribution in [0.15, 0.2) is 34.6 Å². The maximum Gasteiger partial charge on any atom is 0.232 e. The number of benzene rings is 1. The Kier molecular flexibility index (Phi) is 4.30. The third-order valence-corrected chi connectivity index (χ3v) is 5.14. The molecule has 1 saturated heterocycles. The highest BCUT2D eigenvalue weighted by Gasteiger charge is 2.33. The highest BCUT2D eigenvalue weighted by atomic mass is 16.5. The molecule has 2 aromatic rings. The molecular formula is C20H22N2O4. The van der Waals surface area contributed by atoms with Gasteiger partial charge in [0, 0.05) is 24.7 Å². The van der Waals surface area contributed by atoms with Crippen molar-refractivity contribution < 1.29 is 24.0 Å². The molecule has 3 heterocycles. The second-order valence-corrected chi connectivity index (χ2v) is 7.06. The van der Waals surface area contributed by atoms with Gasteiger partial charge in [-0.15, -0.1) is 0 Å². The summed E-state index contributed by atoms with van der Waals surface area (Å²) in [7, 11) is 2.10. The van der Waals surface area contributed by atoms with Gasteiger partial charge in [0.1, 0.15) is 18.1 Å². The van der Waals surface area contributed by atoms with Gasteiger partial charge in [0.05, 0.1) is 24.9 Å². The van der Waals surface area contributed by atoms with E-state index in [2.05, 4.69) is 11.9 Å². The SMILES string of the molecule is Cc1cc([O-])c(C[NH+]2CCN(C)CC2)c2c1C(=O)/C(=C/c1ccco1)O2. The van der Waals surface area contributed by atoms with Gasteiger partial charge < -0.3 is 19.2 Å². The zero-order chi connectivity index (χ0) is 18.3. The molecule has 2 aliphatic rings. The number of carbonyl (C=O) groups excluding carboxylic acids is 1. The molecule has 6 nitrogen and oxygen atoms in total. The number of rotatable bonds is 3. The Morgan fingerprint density at radius 3 is 2.81 bits per heavy atom. The molecule has 1 fully saturated rings. The molecule has 26 heavy (non-hydrogen) atoms. The maximum absolute atomic E-state index is 12.8. The normalized spacial score (nSPS) is 19.8. The van der Waals surface area contributed by atoms with Gasteiger partial charge in [-0.05, 0) is 31.7 Å². The van der Waals surface area contributed by atoms with E-state index in [0.717, 1.165) is 26.2 Å². The molecule has 0 bridgehead atoms. The number of hydrogen-bond acceptors (Lipinski definition) is 5. The number of aryl methyl sites for hydroxylation is 1. The molecule has 0 atom stereocenters. The highest BCUT2D eigenvalue weighted by molar-refractivity contribution is 6.15. The Bertz CT molecular complexity index is 862. The summed E-state index contributed by atoms with van der Waals surface area (Å²) in [5.41, 5.74) is 1.77. The van der Waals surface area contributed by atoms with Crippen molar-refractivity contribution in [2.24, 2.45) is 0 Å². The van der Waals surface area contributed by atoms with Gasteiger partial charge in [-0.3, -0.25) is 9.69 Å². The van der Waals surface area contributed by atoms with Crippen molar-refractivity contribution in [3.05, 3.63) is 52.7 Å². The second-order valence-electron chi connectivity index (χ2n) is 7.06. The third kappa shape index (κ3) is 3.02. The molecule has 0 radical (unpaired) electrons. The van der Waals surface area contributed by atoms with Crippen LogP contribution in [0, 0.1) is 6.92 Å². The smallest absolute Gasteiger partial charge is 0.232 e. The van der Waals surface area contributed by atoms with E-state index in [1.807, 2.05) is 0 Å². The summed E-state index contributed by atoms with van der Waals surface area (Å²) in [6.45, 7) is 6.31. The van der Waals surface area contributed by atoms with E-state index in [4.69, 9.17) is 9.15 Å². The van der Waals surface area contributed by atoms with Crippen molar-refractivity contribution in [2.75, 3.05) is 33.2 Å². The van der Waals surface area contributed by atoms with E-state index in [1.54, 1.807) is 37.5 Å². The number of allylic oxidation sites excluding steroid dienone is 1. The first-order valence-corrected chi connectivity index (χ1v) is 8.86. The Morgan fingerprint density at radius 2 is 2.12 bits per heavy atom. The summed E-state index contributed by atoms with van der Waals surface area (Å²) in [5, 5.41) is 12.6. The van der Waals surface area contributed by atoms with Gasteiger partial charge in [-0.2, -0.15) is 0 Å². The van der Waals surface area contributed by atoms with Gasteiger partial charge in [0.15, 0.2) is 5.76 Å². The van der Waals surface area contributed by atoms with Crippen LogP contribution in [0.3, 0.4) is 0 Å². The van der Waals surface area contributed by atoms with Crippen molar-refractivity contribution in [2.45, 2.75) is 13.5 Å². The van der Waals surface area contributed by atoms with Gasteiger partial charge >= 0.3 is 0 Å². The number of fused-ring (bicyclic) bond motifs is 1. The van der Waals surface area contributed by atoms with Crippen LogP contribution < -0.4 is 14.7 Å². The molecule has 0 spiro atoms. The number of hydrogen-bond donors (Lipinski definition) is 1. The van der Waals surface area contributed by atoms with Crippen LogP contribution in [0.1, 0.15) is 27.2 Å². The van der Waals surface area contributed by atoms with Crippen LogP contribution in [-0.4, -0.2) is 43.9 Å². The largest absolute Gasteiger partial charge is 0.872 e. The standard InChI is InChI=1S/C20H22N2O4/c1-13-10-16(23)15(12-22-7-5-21(2)6-8-22)20-18(13)19(24)17(26-20)11-14-4-3-9-25-14/h3-4,9-11,23H,5-8,12H2,1-2H3/b17-11-. The molecule has 0 saturated carbocycles. The molecule has 0 aliphatic carbocycles. The predicted molar refractivity (Wildman–Crippen MR) is 94.2 cm³/mol. The van der Waals surface area contributed by atoms with Crippen LogP contribution in [-0.2, 0) is 6.54 Å². The molecule has 2 aliphatic heterocycles. The maximum atomic E-state index is 12.8. The van der Waals surface area contributed by atoms with E-state index >= 15 is 0 Å². The van der Waals surface area contributed by atoms with Crippen molar-refractivity contribution in [1.82, 2.24) is 4.90 Å². The number of carbonyl (C=O) groups is 1. The fourth-order valence-corrected chi connectivity index (χ4v) is 3.60. The summed E-state index contributed by atoms with van der Waals surface area (Å²) in [5.74, 6) is 0.943. The minimum Gasteiger partial charge on any atom is -0.872 e. The fourth-order valence-electron chi connectivity index (χ4n) is 3.60. The number of nitrogens with one attached hydrogen (secondary N) is 1. The van der Waals surface area contributed by atoms with Crippen molar-refractivity contribution in [1.29, 1.82) is 0 Å². The first kappa shape index (κ1) is 16.9. The molecular weight excluding hydrogens is 332 g/mol. The molecule has 0 unspecified atom stereocenters. The van der Waals surface area contributed by atoms with E-state index in [-0.39, 0.29) is 17.3 Å². The first-order chi connectivity index (χ1) is 12.5. The minimum atomic E-state index is -0.191. The molecule has 1 aromatic heterocycles. The summed E-state index contributed by atoms with van der Waals surface area (Å²) in [6, 6.07) is 5.07. The van der Waals surface area contributed by atoms with Crippen molar-refractivity contribution >= 4 is 11.9 Å². The van der Waals surface area contributed by atoms with Gasteiger partial charge in [-0.1, -0.05) is 11.8 Å². The second kappa shape index (κ2) is 6.63. The monoisotopic (exact) mass is 354 g/mol. The van der Waals surface area contributed by atoms with Crippen LogP contribution in [0.4, 0.5) is 0 Å². The lowest BCUT2D eigenvalue weighted by Gasteiger charge is -2.31. The zero-order valence-electron chi connectivity index (χ0n) is 15.0. The lowest BCUT2D eigenvalue weighted by Crippen LogP contribution is -3.13. The number of quaternary nitrogens is 1. The molecule has 0 amide bonds. The van der Waals surface area contributed by atoms with Crippen molar-refractivity contribution in [3.8, 4) is 11.5 Å². The van der Waals surface area contributed by atoms with Gasteiger partial charge in [0.2, 0.25) is 5.78 Å². The number of ketones is 1. The molecule has 1 aromatic carbocycles. The van der Waals surface area contributed by atoms with Crippen molar-refractivity contribution in [3.63, 3.8) is 0 Å². The number of Topliss-reactive ketones (excluding diaryl/α,β-unsaturated/α-hetero) is 1. The Morgan fingerprint density at radius 1 is 1.35 bits per heavy atom. The van der Waals surface area contributed by atoms with Gasteiger partial charge in [0.25, 0.3) is 0 Å². The average molecular weight is 354 g/mol. The number of nitrogens with zero attached hydrogens (tertiary/aromatic N) is 1. The predicted octanol–water partition coefficient (Wildman–Crippen LogP) is 0.608. The van der Waals surface area contributed by atoms with E-state index < -0.39 is 0 Å². The number of ether oxygens (including phenoxy) is 1. The fraction of sp³-hybridized carbons (Fsp3) is 0.350. The lowest BCUT2D eigenvalue weighted by atomic mass is 9.99. The summed E-state index contributed by atoms with van der Waals surface area (Å²) in [6.07, 6.45) is 3.13. The molecule has 1 N–H and O–H groups in total. The van der Waals surface area contributed by atoms with Crippen LogP contribution in [0.2, 0.25) is 0 Å². The first-order valence-electron chi connectivity index (χ1n) is 8.86. The third-order valence-electron chi connectivity index (χ3n) is 5.14. The molecule has 136 valence electrons. The topological polar surface area (TPSA) is 70.2 Å². The number of likely N-dealkylation sites (N-methyl/N-ethyl adjacent to an activating group) is 1. The zero-order valence-corrected chi connectivity index (χ0v) is 15.0. The van der Waals surface area contributed by atoms with Gasteiger partial charge in [-0.25, -0.2) is 0 Å². The summed E-state index contributed by atoms with van der Waals surface area (Å²) < 4.78 is 11.2. The van der Waals surface area contributed by atoms with Crippen LogP contribution >= 0.6 is 0 Å². The molecule has 4 rings (SSSR count). The Labute approximate surface area is 152 Å². The minimum absolute atomic E-state index is 0.0558. The molecule has 6 heteroatoms. The summed E-state index contributed by atoms with van der Waals surface area (Å²) >= 11 is 0. The number of piperazine rings is 1.